The predicted molar refractivity (Wildman–Crippen MR) is 86.8 cm³/mol. The molecule has 0 aliphatic heterocycles. The van der Waals surface area contributed by atoms with Gasteiger partial charge in [-0.15, -0.1) is 0 Å². The van der Waals surface area contributed by atoms with Crippen LogP contribution in [-0.4, -0.2) is 41.4 Å². The standard InChI is InChI=1S/C16H19N3O6/c1-10(15(21)18-12-4-5-12)25-14(20)8-9-17-16(22)11-2-6-13(7-3-11)19(23)24/h2-3,6-7,10,12H,4-5,8-9H2,1H3,(H,17,22)(H,18,21)/t10-/m0/s1. The molecule has 9 nitrogen and oxygen atoms in total. The van der Waals surface area contributed by atoms with E-state index in [0.29, 0.717) is 0 Å². The fraction of sp³-hybridized carbons (Fsp3) is 0.438. The summed E-state index contributed by atoms with van der Waals surface area (Å²) in [5, 5.41) is 15.8. The van der Waals surface area contributed by atoms with Gasteiger partial charge in [-0.05, 0) is 31.9 Å². The molecule has 0 unspecified atom stereocenters. The van der Waals surface area contributed by atoms with Crippen molar-refractivity contribution in [3.05, 3.63) is 39.9 Å². The van der Waals surface area contributed by atoms with Crippen molar-refractivity contribution < 1.29 is 24.0 Å². The monoisotopic (exact) mass is 349 g/mol. The molecule has 1 atom stereocenters. The van der Waals surface area contributed by atoms with Gasteiger partial charge >= 0.3 is 5.97 Å². The summed E-state index contributed by atoms with van der Waals surface area (Å²) in [5.41, 5.74) is 0.134. The first kappa shape index (κ1) is 18.4. The molecule has 0 bridgehead atoms. The molecule has 9 heteroatoms. The molecule has 134 valence electrons. The first-order valence-electron chi connectivity index (χ1n) is 7.89. The molecule has 1 fully saturated rings. The molecule has 1 aliphatic rings. The van der Waals surface area contributed by atoms with Crippen molar-refractivity contribution in [2.24, 2.45) is 0 Å². The number of non-ortho nitro benzene ring substituents is 1. The SMILES string of the molecule is C[C@H](OC(=O)CCNC(=O)c1ccc([N+](=O)[O-])cc1)C(=O)NC1CC1. The Kier molecular flexibility index (Phi) is 6.04. The molecule has 1 aromatic rings. The highest BCUT2D eigenvalue weighted by molar-refractivity contribution is 5.94. The summed E-state index contributed by atoms with van der Waals surface area (Å²) in [5.74, 6) is -1.38. The average Bonchev–Trinajstić information content (AvgIpc) is 3.38. The van der Waals surface area contributed by atoms with Gasteiger partial charge in [-0.2, -0.15) is 0 Å². The van der Waals surface area contributed by atoms with Crippen molar-refractivity contribution >= 4 is 23.5 Å². The summed E-state index contributed by atoms with van der Waals surface area (Å²) >= 11 is 0. The van der Waals surface area contributed by atoms with E-state index < -0.39 is 22.9 Å². The summed E-state index contributed by atoms with van der Waals surface area (Å²) in [4.78, 5) is 45.2. The van der Waals surface area contributed by atoms with E-state index in [9.17, 15) is 24.5 Å². The van der Waals surface area contributed by atoms with Gasteiger partial charge in [0.2, 0.25) is 0 Å². The number of amides is 2. The van der Waals surface area contributed by atoms with Gasteiger partial charge in [0.1, 0.15) is 0 Å². The maximum absolute atomic E-state index is 11.9. The number of rotatable bonds is 8. The molecule has 1 saturated carbocycles. The van der Waals surface area contributed by atoms with E-state index in [1.165, 1.54) is 31.2 Å². The number of ether oxygens (including phenoxy) is 1. The first-order chi connectivity index (χ1) is 11.9. The molecule has 0 heterocycles. The molecule has 2 amide bonds. The largest absolute Gasteiger partial charge is 0.452 e. The van der Waals surface area contributed by atoms with Crippen LogP contribution in [-0.2, 0) is 14.3 Å². The second-order valence-electron chi connectivity index (χ2n) is 5.72. The van der Waals surface area contributed by atoms with Crippen molar-refractivity contribution in [3.8, 4) is 0 Å². The average molecular weight is 349 g/mol. The number of esters is 1. The summed E-state index contributed by atoms with van der Waals surface area (Å²) < 4.78 is 4.99. The predicted octanol–water partition coefficient (Wildman–Crippen LogP) is 0.925. The summed E-state index contributed by atoms with van der Waals surface area (Å²) in [6.45, 7) is 1.52. The lowest BCUT2D eigenvalue weighted by Crippen LogP contribution is -2.37. The van der Waals surface area contributed by atoms with Crippen molar-refractivity contribution in [2.45, 2.75) is 38.3 Å². The van der Waals surface area contributed by atoms with E-state index in [-0.39, 0.29) is 36.2 Å². The summed E-state index contributed by atoms with van der Waals surface area (Å²) in [7, 11) is 0. The number of nitro benzene ring substituents is 1. The van der Waals surface area contributed by atoms with Crippen LogP contribution < -0.4 is 10.6 Å². The molecule has 1 aliphatic carbocycles. The number of nitrogens with one attached hydrogen (secondary N) is 2. The van der Waals surface area contributed by atoms with Gasteiger partial charge in [0.05, 0.1) is 11.3 Å². The lowest BCUT2D eigenvalue weighted by molar-refractivity contribution is -0.384. The Morgan fingerprint density at radius 3 is 2.48 bits per heavy atom. The number of carbonyl (C=O) groups is 3. The Bertz CT molecular complexity index is 669. The highest BCUT2D eigenvalue weighted by Crippen LogP contribution is 2.18. The molecule has 2 N–H and O–H groups in total. The molecule has 0 saturated heterocycles. The highest BCUT2D eigenvalue weighted by atomic mass is 16.6. The van der Waals surface area contributed by atoms with E-state index in [4.69, 9.17) is 4.74 Å². The molecule has 0 aromatic heterocycles. The van der Waals surface area contributed by atoms with E-state index in [1.54, 1.807) is 0 Å². The van der Waals surface area contributed by atoms with Crippen LogP contribution in [0.5, 0.6) is 0 Å². The lowest BCUT2D eigenvalue weighted by Gasteiger charge is -2.13. The maximum atomic E-state index is 11.9. The number of hydrogen-bond donors (Lipinski definition) is 2. The van der Waals surface area contributed by atoms with Crippen LogP contribution in [0.15, 0.2) is 24.3 Å². The van der Waals surface area contributed by atoms with Crippen molar-refractivity contribution in [2.75, 3.05) is 6.54 Å². The van der Waals surface area contributed by atoms with Crippen LogP contribution in [0.25, 0.3) is 0 Å². The van der Waals surface area contributed by atoms with Crippen LogP contribution in [0.4, 0.5) is 5.69 Å². The van der Waals surface area contributed by atoms with Gasteiger partial charge in [-0.3, -0.25) is 24.5 Å². The normalized spacial score (nSPS) is 14.3. The Morgan fingerprint density at radius 1 is 1.28 bits per heavy atom. The number of nitro groups is 1. The zero-order valence-corrected chi connectivity index (χ0v) is 13.7. The fourth-order valence-electron chi connectivity index (χ4n) is 1.97. The maximum Gasteiger partial charge on any atom is 0.308 e. The molecular weight excluding hydrogens is 330 g/mol. The zero-order chi connectivity index (χ0) is 18.4. The fourth-order valence-corrected chi connectivity index (χ4v) is 1.97. The van der Waals surface area contributed by atoms with E-state index >= 15 is 0 Å². The van der Waals surface area contributed by atoms with Crippen molar-refractivity contribution in [1.82, 2.24) is 10.6 Å². The van der Waals surface area contributed by atoms with Gasteiger partial charge in [-0.1, -0.05) is 0 Å². The molecule has 0 radical (unpaired) electrons. The molecule has 25 heavy (non-hydrogen) atoms. The van der Waals surface area contributed by atoms with Gasteiger partial charge in [0.25, 0.3) is 17.5 Å². The van der Waals surface area contributed by atoms with Crippen LogP contribution in [0.2, 0.25) is 0 Å². The summed E-state index contributed by atoms with van der Waals surface area (Å²) in [6.07, 6.45) is 0.931. The van der Waals surface area contributed by atoms with Crippen LogP contribution >= 0.6 is 0 Å². The van der Waals surface area contributed by atoms with E-state index in [0.717, 1.165) is 12.8 Å². The smallest absolute Gasteiger partial charge is 0.308 e. The Labute approximate surface area is 143 Å². The third-order valence-corrected chi connectivity index (χ3v) is 3.56. The molecule has 1 aromatic carbocycles. The van der Waals surface area contributed by atoms with Crippen LogP contribution in [0, 0.1) is 10.1 Å². The minimum absolute atomic E-state index is 0.0334. The first-order valence-corrected chi connectivity index (χ1v) is 7.89. The Balaban J connectivity index is 1.69. The third-order valence-electron chi connectivity index (χ3n) is 3.56. The Morgan fingerprint density at radius 2 is 1.92 bits per heavy atom. The minimum Gasteiger partial charge on any atom is -0.452 e. The molecule has 0 spiro atoms. The molecule has 2 rings (SSSR count). The number of benzene rings is 1. The van der Waals surface area contributed by atoms with E-state index in [2.05, 4.69) is 10.6 Å². The minimum atomic E-state index is -0.876. The topological polar surface area (TPSA) is 128 Å². The quantitative estimate of drug-likeness (QED) is 0.408. The number of carbonyl (C=O) groups excluding carboxylic acids is 3. The molecular formula is C16H19N3O6. The zero-order valence-electron chi connectivity index (χ0n) is 13.7. The Hall–Kier alpha value is -2.97. The van der Waals surface area contributed by atoms with Gasteiger partial charge in [0.15, 0.2) is 6.10 Å². The van der Waals surface area contributed by atoms with Gasteiger partial charge in [-0.25, -0.2) is 0 Å². The second kappa shape index (κ2) is 8.22. The number of hydrogen-bond acceptors (Lipinski definition) is 6. The third kappa shape index (κ3) is 5.87. The van der Waals surface area contributed by atoms with Gasteiger partial charge < -0.3 is 15.4 Å². The second-order valence-corrected chi connectivity index (χ2v) is 5.72. The van der Waals surface area contributed by atoms with E-state index in [1.807, 2.05) is 0 Å². The lowest BCUT2D eigenvalue weighted by atomic mass is 10.2. The summed E-state index contributed by atoms with van der Waals surface area (Å²) in [6, 6.07) is 5.30. The van der Waals surface area contributed by atoms with Crippen LogP contribution in [0.1, 0.15) is 36.5 Å². The van der Waals surface area contributed by atoms with Crippen LogP contribution in [0.3, 0.4) is 0 Å². The highest BCUT2D eigenvalue weighted by Gasteiger charge is 2.27. The number of nitrogens with zero attached hydrogens (tertiary/aromatic N) is 1. The van der Waals surface area contributed by atoms with Crippen molar-refractivity contribution in [3.63, 3.8) is 0 Å². The van der Waals surface area contributed by atoms with Crippen molar-refractivity contribution in [1.29, 1.82) is 0 Å². The van der Waals surface area contributed by atoms with Gasteiger partial charge in [0, 0.05) is 30.3 Å².